The molecular formula is C18H32IN5OS. The van der Waals surface area contributed by atoms with Crippen LogP contribution in [-0.4, -0.2) is 47.4 Å². The monoisotopic (exact) mass is 493 g/mol. The van der Waals surface area contributed by atoms with E-state index in [4.69, 9.17) is 4.98 Å². The zero-order chi connectivity index (χ0) is 18.4. The number of aromatic nitrogens is 1. The fourth-order valence-corrected chi connectivity index (χ4v) is 3.62. The van der Waals surface area contributed by atoms with Gasteiger partial charge in [0, 0.05) is 42.9 Å². The molecule has 2 N–H and O–H groups in total. The second kappa shape index (κ2) is 10.4. The number of rotatable bonds is 5. The maximum absolute atomic E-state index is 11.8. The first-order chi connectivity index (χ1) is 11.8. The molecule has 26 heavy (non-hydrogen) atoms. The van der Waals surface area contributed by atoms with Gasteiger partial charge in [0.15, 0.2) is 5.96 Å². The van der Waals surface area contributed by atoms with E-state index in [0.29, 0.717) is 13.0 Å². The van der Waals surface area contributed by atoms with E-state index in [1.165, 1.54) is 0 Å². The number of carbonyl (C=O) groups excluding carboxylic acids is 1. The fourth-order valence-electron chi connectivity index (χ4n) is 2.73. The van der Waals surface area contributed by atoms with Crippen molar-refractivity contribution >= 4 is 47.2 Å². The average Bonchev–Trinajstić information content (AvgIpc) is 3.21. The number of halogens is 1. The molecule has 0 spiro atoms. The summed E-state index contributed by atoms with van der Waals surface area (Å²) in [4.78, 5) is 23.1. The van der Waals surface area contributed by atoms with E-state index in [9.17, 15) is 4.79 Å². The third kappa shape index (κ3) is 6.68. The predicted octanol–water partition coefficient (Wildman–Crippen LogP) is 3.12. The summed E-state index contributed by atoms with van der Waals surface area (Å²) in [5, 5.41) is 9.97. The molecule has 1 aliphatic heterocycles. The minimum atomic E-state index is 0. The number of amides is 1. The summed E-state index contributed by atoms with van der Waals surface area (Å²) in [7, 11) is 0. The number of hydrogen-bond acceptors (Lipinski definition) is 4. The van der Waals surface area contributed by atoms with Crippen LogP contribution >= 0.6 is 35.3 Å². The third-order valence-corrected chi connectivity index (χ3v) is 5.44. The Morgan fingerprint density at radius 3 is 2.73 bits per heavy atom. The lowest BCUT2D eigenvalue weighted by Gasteiger charge is -2.18. The van der Waals surface area contributed by atoms with Gasteiger partial charge < -0.3 is 15.5 Å². The molecule has 1 saturated heterocycles. The van der Waals surface area contributed by atoms with Crippen LogP contribution < -0.4 is 10.6 Å². The molecule has 1 amide bonds. The summed E-state index contributed by atoms with van der Waals surface area (Å²) in [5.41, 5.74) is 1.08. The fraction of sp³-hybridized carbons (Fsp3) is 0.722. The number of likely N-dealkylation sites (tertiary alicyclic amines) is 1. The van der Waals surface area contributed by atoms with Crippen molar-refractivity contribution in [3.05, 3.63) is 16.1 Å². The molecule has 0 aromatic carbocycles. The highest BCUT2D eigenvalue weighted by Gasteiger charge is 2.25. The molecule has 1 aromatic rings. The van der Waals surface area contributed by atoms with Crippen LogP contribution in [0, 0.1) is 0 Å². The van der Waals surface area contributed by atoms with Crippen LogP contribution in [-0.2, 0) is 16.8 Å². The van der Waals surface area contributed by atoms with Crippen LogP contribution in [0.2, 0.25) is 0 Å². The van der Waals surface area contributed by atoms with Gasteiger partial charge in [0.2, 0.25) is 5.91 Å². The maximum Gasteiger partial charge on any atom is 0.222 e. The van der Waals surface area contributed by atoms with Crippen molar-refractivity contribution in [1.82, 2.24) is 20.5 Å². The van der Waals surface area contributed by atoms with Crippen LogP contribution in [0.1, 0.15) is 58.2 Å². The first-order valence-corrected chi connectivity index (χ1v) is 9.99. The van der Waals surface area contributed by atoms with Gasteiger partial charge in [-0.25, -0.2) is 9.98 Å². The topological polar surface area (TPSA) is 69.6 Å². The Morgan fingerprint density at radius 2 is 2.15 bits per heavy atom. The van der Waals surface area contributed by atoms with E-state index in [1.54, 1.807) is 11.3 Å². The van der Waals surface area contributed by atoms with Crippen molar-refractivity contribution in [1.29, 1.82) is 0 Å². The highest BCUT2D eigenvalue weighted by Crippen LogP contribution is 2.25. The number of nitrogens with one attached hydrogen (secondary N) is 2. The van der Waals surface area contributed by atoms with E-state index in [1.807, 2.05) is 11.8 Å². The Morgan fingerprint density at radius 1 is 1.42 bits per heavy atom. The third-order valence-electron chi connectivity index (χ3n) is 4.12. The van der Waals surface area contributed by atoms with E-state index in [2.05, 4.69) is 48.7 Å². The van der Waals surface area contributed by atoms with Gasteiger partial charge in [-0.3, -0.25) is 4.79 Å². The summed E-state index contributed by atoms with van der Waals surface area (Å²) >= 11 is 1.70. The lowest BCUT2D eigenvalue weighted by atomic mass is 9.98. The molecule has 1 unspecified atom stereocenters. The van der Waals surface area contributed by atoms with Gasteiger partial charge >= 0.3 is 0 Å². The van der Waals surface area contributed by atoms with Crippen molar-refractivity contribution in [3.8, 4) is 0 Å². The summed E-state index contributed by atoms with van der Waals surface area (Å²) < 4.78 is 0. The number of guanidine groups is 1. The van der Waals surface area contributed by atoms with Gasteiger partial charge in [0.25, 0.3) is 0 Å². The minimum Gasteiger partial charge on any atom is -0.357 e. The molecule has 8 heteroatoms. The van der Waals surface area contributed by atoms with Gasteiger partial charge in [-0.2, -0.15) is 0 Å². The van der Waals surface area contributed by atoms with Gasteiger partial charge in [0.05, 0.1) is 17.2 Å². The van der Waals surface area contributed by atoms with E-state index in [-0.39, 0.29) is 41.3 Å². The van der Waals surface area contributed by atoms with Gasteiger partial charge in [-0.05, 0) is 13.3 Å². The van der Waals surface area contributed by atoms with Crippen molar-refractivity contribution in [3.63, 3.8) is 0 Å². The quantitative estimate of drug-likeness (QED) is 0.376. The molecule has 1 atom stereocenters. The number of aliphatic imine (C=N–C) groups is 1. The van der Waals surface area contributed by atoms with Gasteiger partial charge in [-0.15, -0.1) is 35.3 Å². The number of hydrogen-bond donors (Lipinski definition) is 2. The highest BCUT2D eigenvalue weighted by molar-refractivity contribution is 14.0. The van der Waals surface area contributed by atoms with Gasteiger partial charge in [-0.1, -0.05) is 27.7 Å². The molecule has 1 aromatic heterocycles. The number of nitrogens with zero attached hydrogens (tertiary/aromatic N) is 3. The van der Waals surface area contributed by atoms with Crippen LogP contribution in [0.15, 0.2) is 10.4 Å². The lowest BCUT2D eigenvalue weighted by molar-refractivity contribution is -0.129. The molecule has 2 rings (SSSR count). The molecule has 1 aliphatic rings. The number of carbonyl (C=O) groups is 1. The van der Waals surface area contributed by atoms with E-state index in [0.717, 1.165) is 42.7 Å². The Kier molecular flexibility index (Phi) is 9.29. The van der Waals surface area contributed by atoms with Crippen molar-refractivity contribution in [2.45, 2.75) is 65.5 Å². The van der Waals surface area contributed by atoms with Crippen LogP contribution in [0.4, 0.5) is 0 Å². The maximum atomic E-state index is 11.8. The summed E-state index contributed by atoms with van der Waals surface area (Å²) in [6.07, 6.45) is 1.53. The van der Waals surface area contributed by atoms with Crippen molar-refractivity contribution < 1.29 is 4.79 Å². The second-order valence-corrected chi connectivity index (χ2v) is 8.27. The largest absolute Gasteiger partial charge is 0.357 e. The van der Waals surface area contributed by atoms with E-state index < -0.39 is 0 Å². The molecule has 0 bridgehead atoms. The van der Waals surface area contributed by atoms with Crippen molar-refractivity contribution in [2.75, 3.05) is 19.6 Å². The zero-order valence-corrected chi connectivity index (χ0v) is 19.6. The lowest BCUT2D eigenvalue weighted by Crippen LogP contribution is -2.45. The van der Waals surface area contributed by atoms with Crippen LogP contribution in [0.5, 0.6) is 0 Å². The SMILES string of the molecule is CCNC(=NCc1csc(C(C)(C)C)n1)NC1CCN(C(=O)CC)C1.I. The van der Waals surface area contributed by atoms with Crippen LogP contribution in [0.3, 0.4) is 0 Å². The van der Waals surface area contributed by atoms with Crippen LogP contribution in [0.25, 0.3) is 0 Å². The standard InChI is InChI=1S/C18H31N5OS.HI/c1-6-15(24)23-9-8-13(11-23)22-17(19-7-2)20-10-14-12-25-16(21-14)18(3,4)5;/h12-13H,6-11H2,1-5H3,(H2,19,20,22);1H. The predicted molar refractivity (Wildman–Crippen MR) is 119 cm³/mol. The molecular weight excluding hydrogens is 461 g/mol. The smallest absolute Gasteiger partial charge is 0.222 e. The normalized spacial score (nSPS) is 17.8. The molecule has 0 aliphatic carbocycles. The Hall–Kier alpha value is -0.900. The average molecular weight is 493 g/mol. The number of thiazole rings is 1. The van der Waals surface area contributed by atoms with E-state index >= 15 is 0 Å². The Balaban J connectivity index is 0.00000338. The first kappa shape index (κ1) is 23.1. The molecule has 1 fully saturated rings. The summed E-state index contributed by atoms with van der Waals surface area (Å²) in [5.74, 6) is 1.02. The molecule has 2 heterocycles. The molecule has 0 radical (unpaired) electrons. The molecule has 148 valence electrons. The molecule has 0 saturated carbocycles. The second-order valence-electron chi connectivity index (χ2n) is 7.41. The summed E-state index contributed by atoms with van der Waals surface area (Å²) in [6, 6.07) is 0.258. The Bertz CT molecular complexity index is 611. The Labute approximate surface area is 178 Å². The summed E-state index contributed by atoms with van der Waals surface area (Å²) in [6.45, 7) is 13.4. The van der Waals surface area contributed by atoms with Crippen molar-refractivity contribution in [2.24, 2.45) is 4.99 Å². The first-order valence-electron chi connectivity index (χ1n) is 9.11. The van der Waals surface area contributed by atoms with Gasteiger partial charge in [0.1, 0.15) is 0 Å². The molecule has 6 nitrogen and oxygen atoms in total. The minimum absolute atomic E-state index is 0. The zero-order valence-electron chi connectivity index (χ0n) is 16.5. The highest BCUT2D eigenvalue weighted by atomic mass is 127.